The van der Waals surface area contributed by atoms with Gasteiger partial charge >= 0.3 is 0 Å². The summed E-state index contributed by atoms with van der Waals surface area (Å²) in [5, 5.41) is 10.4. The summed E-state index contributed by atoms with van der Waals surface area (Å²) >= 11 is 0. The van der Waals surface area contributed by atoms with E-state index in [0.717, 1.165) is 5.56 Å². The van der Waals surface area contributed by atoms with Crippen LogP contribution in [0.15, 0.2) is 60.7 Å². The molecule has 2 aromatic carbocycles. The van der Waals surface area contributed by atoms with Crippen LogP contribution >= 0.6 is 0 Å². The number of rotatable bonds is 8. The number of hydrogen-bond donors (Lipinski definition) is 0. The molecule has 2 rings (SSSR count). The third kappa shape index (κ3) is 4.53. The maximum absolute atomic E-state index is 12.6. The number of carbonyl (C=O) groups is 2. The van der Waals surface area contributed by atoms with Gasteiger partial charge in [0.05, 0.1) is 0 Å². The number of ketones is 1. The van der Waals surface area contributed by atoms with Gasteiger partial charge in [0.1, 0.15) is 6.10 Å². The summed E-state index contributed by atoms with van der Waals surface area (Å²) < 4.78 is 5.65. The third-order valence-corrected chi connectivity index (χ3v) is 3.21. The van der Waals surface area contributed by atoms with Gasteiger partial charge in [0.2, 0.25) is 0 Å². The average molecular weight is 297 g/mol. The maximum Gasteiger partial charge on any atom is 0.196 e. The molecule has 2 aromatic rings. The molecule has 0 radical (unpaired) electrons. The van der Waals surface area contributed by atoms with Crippen molar-refractivity contribution in [3.05, 3.63) is 71.8 Å². The van der Waals surface area contributed by atoms with Crippen LogP contribution in [0.25, 0.3) is 0 Å². The second kappa shape index (κ2) is 8.10. The molecule has 0 fully saturated rings. The SMILES string of the molecule is O=C([O-])CCCO[C@H](C(=O)c1ccccc1)c1ccccc1. The molecular weight excluding hydrogens is 280 g/mol. The Morgan fingerprint density at radius 2 is 1.55 bits per heavy atom. The van der Waals surface area contributed by atoms with Gasteiger partial charge in [0, 0.05) is 18.1 Å². The van der Waals surface area contributed by atoms with E-state index in [1.54, 1.807) is 24.3 Å². The molecule has 1 atom stereocenters. The second-order valence-corrected chi connectivity index (χ2v) is 4.87. The molecule has 0 aromatic heterocycles. The molecule has 0 aliphatic rings. The summed E-state index contributed by atoms with van der Waals surface area (Å²) in [5.41, 5.74) is 1.32. The summed E-state index contributed by atoms with van der Waals surface area (Å²) in [6, 6.07) is 18.1. The van der Waals surface area contributed by atoms with E-state index in [9.17, 15) is 14.7 Å². The van der Waals surface area contributed by atoms with Crippen LogP contribution < -0.4 is 5.11 Å². The first-order chi connectivity index (χ1) is 10.7. The molecule has 22 heavy (non-hydrogen) atoms. The van der Waals surface area contributed by atoms with Gasteiger partial charge in [-0.25, -0.2) is 0 Å². The highest BCUT2D eigenvalue weighted by Gasteiger charge is 2.22. The summed E-state index contributed by atoms with van der Waals surface area (Å²) in [4.78, 5) is 23.1. The highest BCUT2D eigenvalue weighted by atomic mass is 16.5. The lowest BCUT2D eigenvalue weighted by atomic mass is 10.00. The Morgan fingerprint density at radius 1 is 0.955 bits per heavy atom. The molecule has 114 valence electrons. The minimum atomic E-state index is -1.12. The number of carboxylic acid groups (broad SMARTS) is 1. The Kier molecular flexibility index (Phi) is 5.86. The van der Waals surface area contributed by atoms with Crippen molar-refractivity contribution in [2.24, 2.45) is 0 Å². The summed E-state index contributed by atoms with van der Waals surface area (Å²) in [6.07, 6.45) is -0.500. The van der Waals surface area contributed by atoms with Crippen LogP contribution in [0.5, 0.6) is 0 Å². The fourth-order valence-electron chi connectivity index (χ4n) is 2.12. The second-order valence-electron chi connectivity index (χ2n) is 4.87. The fraction of sp³-hybridized carbons (Fsp3) is 0.222. The molecule has 0 aliphatic heterocycles. The first-order valence-electron chi connectivity index (χ1n) is 7.14. The van der Waals surface area contributed by atoms with Crippen molar-refractivity contribution in [2.45, 2.75) is 18.9 Å². The summed E-state index contributed by atoms with van der Waals surface area (Å²) in [7, 11) is 0. The van der Waals surface area contributed by atoms with Gasteiger partial charge in [-0.3, -0.25) is 4.79 Å². The Morgan fingerprint density at radius 3 is 2.14 bits per heavy atom. The van der Waals surface area contributed by atoms with E-state index in [0.29, 0.717) is 12.0 Å². The molecule has 0 unspecified atom stereocenters. The highest BCUT2D eigenvalue weighted by Crippen LogP contribution is 2.22. The smallest absolute Gasteiger partial charge is 0.196 e. The Hall–Kier alpha value is -2.46. The van der Waals surface area contributed by atoms with Crippen molar-refractivity contribution in [1.29, 1.82) is 0 Å². The van der Waals surface area contributed by atoms with Gasteiger partial charge < -0.3 is 14.6 Å². The molecule has 0 heterocycles. The quantitative estimate of drug-likeness (QED) is 0.553. The molecule has 0 saturated carbocycles. The lowest BCUT2D eigenvalue weighted by Gasteiger charge is -2.17. The lowest BCUT2D eigenvalue weighted by Crippen LogP contribution is -2.23. The normalized spacial score (nSPS) is 11.8. The van der Waals surface area contributed by atoms with Gasteiger partial charge in [-0.1, -0.05) is 60.7 Å². The van der Waals surface area contributed by atoms with E-state index in [-0.39, 0.29) is 18.8 Å². The largest absolute Gasteiger partial charge is 0.550 e. The number of ether oxygens (including phenoxy) is 1. The van der Waals surface area contributed by atoms with Gasteiger partial charge in [-0.15, -0.1) is 0 Å². The van der Waals surface area contributed by atoms with Crippen LogP contribution in [0.4, 0.5) is 0 Å². The van der Waals surface area contributed by atoms with Crippen LogP contribution in [-0.2, 0) is 9.53 Å². The van der Waals surface area contributed by atoms with E-state index in [4.69, 9.17) is 4.74 Å². The third-order valence-electron chi connectivity index (χ3n) is 3.21. The zero-order valence-corrected chi connectivity index (χ0v) is 12.1. The topological polar surface area (TPSA) is 66.4 Å². The number of hydrogen-bond acceptors (Lipinski definition) is 4. The van der Waals surface area contributed by atoms with E-state index < -0.39 is 12.1 Å². The highest BCUT2D eigenvalue weighted by molar-refractivity contribution is 6.00. The zero-order valence-electron chi connectivity index (χ0n) is 12.1. The van der Waals surface area contributed by atoms with E-state index in [1.165, 1.54) is 0 Å². The number of benzene rings is 2. The minimum absolute atomic E-state index is 0.0823. The Balaban J connectivity index is 2.11. The molecular formula is C18H17O4-. The van der Waals surface area contributed by atoms with Gasteiger partial charge in [-0.2, -0.15) is 0 Å². The van der Waals surface area contributed by atoms with Crippen LogP contribution in [-0.4, -0.2) is 18.4 Å². The van der Waals surface area contributed by atoms with Crippen molar-refractivity contribution in [2.75, 3.05) is 6.61 Å². The minimum Gasteiger partial charge on any atom is -0.550 e. The summed E-state index contributed by atoms with van der Waals surface area (Å²) in [6.45, 7) is 0.187. The number of Topliss-reactive ketones (excluding diaryl/α,β-unsaturated/α-hetero) is 1. The van der Waals surface area contributed by atoms with Crippen LogP contribution in [0.1, 0.15) is 34.9 Å². The molecule has 0 spiro atoms. The predicted octanol–water partition coefficient (Wildman–Crippen LogP) is 2.16. The van der Waals surface area contributed by atoms with Crippen LogP contribution in [0.2, 0.25) is 0 Å². The van der Waals surface area contributed by atoms with Gasteiger partial charge in [0.15, 0.2) is 5.78 Å². The van der Waals surface area contributed by atoms with Gasteiger partial charge in [0.25, 0.3) is 0 Å². The fourth-order valence-corrected chi connectivity index (χ4v) is 2.12. The van der Waals surface area contributed by atoms with E-state index >= 15 is 0 Å². The van der Waals surface area contributed by atoms with Crippen molar-refractivity contribution in [1.82, 2.24) is 0 Å². The maximum atomic E-state index is 12.6. The van der Waals surface area contributed by atoms with Crippen molar-refractivity contribution in [3.63, 3.8) is 0 Å². The van der Waals surface area contributed by atoms with E-state index in [1.807, 2.05) is 36.4 Å². The monoisotopic (exact) mass is 297 g/mol. The van der Waals surface area contributed by atoms with Gasteiger partial charge in [-0.05, 0) is 18.4 Å². The molecule has 0 aliphatic carbocycles. The predicted molar refractivity (Wildman–Crippen MR) is 80.1 cm³/mol. The number of carboxylic acids is 1. The first kappa shape index (κ1) is 15.9. The summed E-state index contributed by atoms with van der Waals surface area (Å²) in [5.74, 6) is -1.26. The molecule has 0 bridgehead atoms. The molecule has 0 saturated heterocycles. The van der Waals surface area contributed by atoms with Crippen molar-refractivity contribution in [3.8, 4) is 0 Å². The number of carbonyl (C=O) groups excluding carboxylic acids is 2. The Labute approximate surface area is 129 Å². The Bertz CT molecular complexity index is 607. The zero-order chi connectivity index (χ0) is 15.8. The molecule has 4 nitrogen and oxygen atoms in total. The average Bonchev–Trinajstić information content (AvgIpc) is 2.56. The molecule has 4 heteroatoms. The standard InChI is InChI=1S/C18H18O4/c19-16(20)12-7-13-22-18(15-10-5-2-6-11-15)17(21)14-8-3-1-4-9-14/h1-6,8-11,18H,7,12-13H2,(H,19,20)/p-1/t18-/m0/s1. The van der Waals surface area contributed by atoms with Crippen molar-refractivity contribution >= 4 is 11.8 Å². The molecule has 0 N–H and O–H groups in total. The van der Waals surface area contributed by atoms with Crippen LogP contribution in [0.3, 0.4) is 0 Å². The molecule has 0 amide bonds. The van der Waals surface area contributed by atoms with E-state index in [2.05, 4.69) is 0 Å². The van der Waals surface area contributed by atoms with Crippen molar-refractivity contribution < 1.29 is 19.4 Å². The number of aliphatic carboxylic acids is 1. The lowest BCUT2D eigenvalue weighted by molar-refractivity contribution is -0.305. The van der Waals surface area contributed by atoms with Crippen LogP contribution in [0, 0.1) is 0 Å². The first-order valence-corrected chi connectivity index (χ1v) is 7.14.